The zero-order valence-corrected chi connectivity index (χ0v) is 12.2. The Bertz CT molecular complexity index is 265. The monoisotopic (exact) mass is 300 g/mol. The first-order valence-corrected chi connectivity index (χ1v) is 7.49. The molecule has 0 amide bonds. The van der Waals surface area contributed by atoms with Gasteiger partial charge in [-0.1, -0.05) is 22.9 Å². The lowest BCUT2D eigenvalue weighted by Crippen LogP contribution is -2.42. The van der Waals surface area contributed by atoms with Crippen molar-refractivity contribution in [3.8, 4) is 0 Å². The Morgan fingerprint density at radius 1 is 1.33 bits per heavy atom. The van der Waals surface area contributed by atoms with Gasteiger partial charge < -0.3 is 0 Å². The SMILES string of the molecule is CC(Br)CCCNS(=O)(=O)N(C)C(C)C. The molecule has 0 fully saturated rings. The van der Waals surface area contributed by atoms with Crippen molar-refractivity contribution in [1.29, 1.82) is 0 Å². The quantitative estimate of drug-likeness (QED) is 0.575. The Morgan fingerprint density at radius 2 is 1.87 bits per heavy atom. The Morgan fingerprint density at radius 3 is 2.27 bits per heavy atom. The Balaban J connectivity index is 3.95. The molecule has 0 aromatic rings. The van der Waals surface area contributed by atoms with Crippen molar-refractivity contribution in [3.63, 3.8) is 0 Å². The summed E-state index contributed by atoms with van der Waals surface area (Å²) in [4.78, 5) is 0.435. The highest BCUT2D eigenvalue weighted by atomic mass is 79.9. The smallest absolute Gasteiger partial charge is 0.202 e. The van der Waals surface area contributed by atoms with Crippen LogP contribution in [0, 0.1) is 0 Å². The number of alkyl halides is 1. The van der Waals surface area contributed by atoms with Crippen LogP contribution in [-0.4, -0.2) is 37.2 Å². The largest absolute Gasteiger partial charge is 0.279 e. The van der Waals surface area contributed by atoms with E-state index in [2.05, 4.69) is 27.6 Å². The van der Waals surface area contributed by atoms with Gasteiger partial charge in [-0.05, 0) is 26.7 Å². The molecule has 0 heterocycles. The van der Waals surface area contributed by atoms with E-state index in [0.29, 0.717) is 11.4 Å². The molecular weight excluding hydrogens is 280 g/mol. The molecule has 15 heavy (non-hydrogen) atoms. The molecule has 0 aromatic heterocycles. The summed E-state index contributed by atoms with van der Waals surface area (Å²) in [6, 6.07) is -0.0161. The van der Waals surface area contributed by atoms with E-state index in [4.69, 9.17) is 0 Å². The van der Waals surface area contributed by atoms with Crippen LogP contribution in [0.4, 0.5) is 0 Å². The molecule has 0 saturated carbocycles. The molecule has 92 valence electrons. The van der Waals surface area contributed by atoms with E-state index in [9.17, 15) is 8.42 Å². The van der Waals surface area contributed by atoms with E-state index in [1.807, 2.05) is 13.8 Å². The zero-order chi connectivity index (χ0) is 12.1. The molecule has 0 aliphatic heterocycles. The molecule has 0 aliphatic carbocycles. The molecule has 0 rings (SSSR count). The molecule has 4 nitrogen and oxygen atoms in total. The van der Waals surface area contributed by atoms with E-state index in [0.717, 1.165) is 12.8 Å². The lowest BCUT2D eigenvalue weighted by Gasteiger charge is -2.21. The van der Waals surface area contributed by atoms with Gasteiger partial charge in [0, 0.05) is 24.5 Å². The highest BCUT2D eigenvalue weighted by Crippen LogP contribution is 2.06. The van der Waals surface area contributed by atoms with Crippen LogP contribution in [0.5, 0.6) is 0 Å². The number of halogens is 1. The maximum Gasteiger partial charge on any atom is 0.279 e. The van der Waals surface area contributed by atoms with Crippen LogP contribution in [0.25, 0.3) is 0 Å². The van der Waals surface area contributed by atoms with E-state index in [1.165, 1.54) is 4.31 Å². The summed E-state index contributed by atoms with van der Waals surface area (Å²) in [5.74, 6) is 0. The third-order valence-electron chi connectivity index (χ3n) is 2.17. The number of nitrogens with one attached hydrogen (secondary N) is 1. The lowest BCUT2D eigenvalue weighted by atomic mass is 10.2. The highest BCUT2D eigenvalue weighted by Gasteiger charge is 2.19. The van der Waals surface area contributed by atoms with E-state index in [1.54, 1.807) is 7.05 Å². The Kier molecular flexibility index (Phi) is 6.99. The number of nitrogens with zero attached hydrogens (tertiary/aromatic N) is 1. The fraction of sp³-hybridized carbons (Fsp3) is 1.00. The van der Waals surface area contributed by atoms with Crippen molar-refractivity contribution in [2.75, 3.05) is 13.6 Å². The summed E-state index contributed by atoms with van der Waals surface area (Å²) < 4.78 is 27.2. The van der Waals surface area contributed by atoms with Crippen LogP contribution in [0.3, 0.4) is 0 Å². The number of hydrogen-bond acceptors (Lipinski definition) is 2. The van der Waals surface area contributed by atoms with E-state index >= 15 is 0 Å². The average molecular weight is 301 g/mol. The lowest BCUT2D eigenvalue weighted by molar-refractivity contribution is 0.402. The van der Waals surface area contributed by atoms with Crippen molar-refractivity contribution in [2.24, 2.45) is 0 Å². The van der Waals surface area contributed by atoms with Gasteiger partial charge in [-0.3, -0.25) is 0 Å². The molecule has 0 aliphatic rings. The molecular formula is C9H21BrN2O2S. The normalized spacial score (nSPS) is 14.9. The predicted molar refractivity (Wildman–Crippen MR) is 67.4 cm³/mol. The van der Waals surface area contributed by atoms with Gasteiger partial charge in [-0.25, -0.2) is 4.72 Å². The average Bonchev–Trinajstić information content (AvgIpc) is 2.10. The van der Waals surface area contributed by atoms with E-state index < -0.39 is 10.2 Å². The van der Waals surface area contributed by atoms with Gasteiger partial charge in [0.15, 0.2) is 0 Å². The molecule has 0 aromatic carbocycles. The third-order valence-corrected chi connectivity index (χ3v) is 4.38. The van der Waals surface area contributed by atoms with Crippen molar-refractivity contribution in [1.82, 2.24) is 9.03 Å². The molecule has 0 saturated heterocycles. The maximum absolute atomic E-state index is 11.6. The van der Waals surface area contributed by atoms with E-state index in [-0.39, 0.29) is 6.04 Å². The second-order valence-corrected chi connectivity index (χ2v) is 7.31. The zero-order valence-electron chi connectivity index (χ0n) is 9.83. The Labute approximate surface area is 102 Å². The number of rotatable bonds is 7. The molecule has 1 N–H and O–H groups in total. The Hall–Kier alpha value is 0.350. The van der Waals surface area contributed by atoms with Crippen molar-refractivity contribution >= 4 is 26.1 Å². The summed E-state index contributed by atoms with van der Waals surface area (Å²) in [5.41, 5.74) is 0. The molecule has 0 radical (unpaired) electrons. The van der Waals surface area contributed by atoms with Crippen LogP contribution in [0.2, 0.25) is 0 Å². The molecule has 6 heteroatoms. The van der Waals surface area contributed by atoms with Crippen LogP contribution in [-0.2, 0) is 10.2 Å². The van der Waals surface area contributed by atoms with Crippen LogP contribution >= 0.6 is 15.9 Å². The van der Waals surface area contributed by atoms with Crippen LogP contribution in [0.15, 0.2) is 0 Å². The van der Waals surface area contributed by atoms with Crippen molar-refractivity contribution in [3.05, 3.63) is 0 Å². The fourth-order valence-electron chi connectivity index (χ4n) is 0.964. The molecule has 0 bridgehead atoms. The van der Waals surface area contributed by atoms with Crippen LogP contribution in [0.1, 0.15) is 33.6 Å². The van der Waals surface area contributed by atoms with Crippen molar-refractivity contribution < 1.29 is 8.42 Å². The number of hydrogen-bond donors (Lipinski definition) is 1. The first-order valence-electron chi connectivity index (χ1n) is 5.14. The van der Waals surface area contributed by atoms with Gasteiger partial charge in [0.05, 0.1) is 0 Å². The van der Waals surface area contributed by atoms with Gasteiger partial charge >= 0.3 is 0 Å². The minimum atomic E-state index is -3.29. The third kappa shape index (κ3) is 6.50. The molecule has 1 atom stereocenters. The second kappa shape index (κ2) is 6.83. The van der Waals surface area contributed by atoms with Gasteiger partial charge in [-0.15, -0.1) is 0 Å². The van der Waals surface area contributed by atoms with Gasteiger partial charge in [-0.2, -0.15) is 12.7 Å². The minimum absolute atomic E-state index is 0.0161. The summed E-state index contributed by atoms with van der Waals surface area (Å²) in [5, 5.41) is 0. The first-order chi connectivity index (χ1) is 6.77. The molecule has 0 spiro atoms. The topological polar surface area (TPSA) is 49.4 Å². The summed E-state index contributed by atoms with van der Waals surface area (Å²) in [6.07, 6.45) is 1.81. The predicted octanol–water partition coefficient (Wildman–Crippen LogP) is 1.72. The minimum Gasteiger partial charge on any atom is -0.202 e. The van der Waals surface area contributed by atoms with Crippen LogP contribution < -0.4 is 4.72 Å². The highest BCUT2D eigenvalue weighted by molar-refractivity contribution is 9.09. The summed E-state index contributed by atoms with van der Waals surface area (Å²) in [7, 11) is -1.71. The molecule has 1 unspecified atom stereocenters. The standard InChI is InChI=1S/C9H21BrN2O2S/c1-8(2)12(4)15(13,14)11-7-5-6-9(3)10/h8-9,11H,5-7H2,1-4H3. The summed E-state index contributed by atoms with van der Waals surface area (Å²) in [6.45, 7) is 6.24. The first kappa shape index (κ1) is 15.3. The van der Waals surface area contributed by atoms with Crippen molar-refractivity contribution in [2.45, 2.75) is 44.5 Å². The van der Waals surface area contributed by atoms with Gasteiger partial charge in [0.25, 0.3) is 10.2 Å². The maximum atomic E-state index is 11.6. The van der Waals surface area contributed by atoms with Gasteiger partial charge in [0.1, 0.15) is 0 Å². The van der Waals surface area contributed by atoms with Gasteiger partial charge in [0.2, 0.25) is 0 Å². The second-order valence-electron chi connectivity index (χ2n) is 3.93. The summed E-state index contributed by atoms with van der Waals surface area (Å²) >= 11 is 3.42. The fourth-order valence-corrected chi connectivity index (χ4v) is 2.45.